The van der Waals surface area contributed by atoms with Gasteiger partial charge in [0.2, 0.25) is 5.95 Å². The van der Waals surface area contributed by atoms with Gasteiger partial charge in [0.15, 0.2) is 0 Å². The molecule has 0 amide bonds. The lowest BCUT2D eigenvalue weighted by atomic mass is 10.0. The molecule has 0 bridgehead atoms. The Kier molecular flexibility index (Phi) is 3.96. The monoisotopic (exact) mass is 407 g/mol. The third kappa shape index (κ3) is 3.01. The second-order valence-electron chi connectivity index (χ2n) is 8.01. The number of aromatic nitrogens is 3. The Labute approximate surface area is 177 Å². The van der Waals surface area contributed by atoms with E-state index in [4.69, 9.17) is 4.98 Å². The molecule has 6 rings (SSSR count). The minimum absolute atomic E-state index is 0.0364. The van der Waals surface area contributed by atoms with Crippen molar-refractivity contribution in [1.29, 1.82) is 0 Å². The van der Waals surface area contributed by atoms with Gasteiger partial charge in [-0.3, -0.25) is 9.78 Å². The molecule has 2 aromatic carbocycles. The molecular weight excluding hydrogens is 389 g/mol. The maximum absolute atomic E-state index is 13.5. The molecule has 150 valence electrons. The first-order valence-electron chi connectivity index (χ1n) is 10.3. The van der Waals surface area contributed by atoms with E-state index in [1.54, 1.807) is 6.07 Å². The van der Waals surface area contributed by atoms with Gasteiger partial charge in [-0.15, -0.1) is 0 Å². The summed E-state index contributed by atoms with van der Waals surface area (Å²) in [6.07, 6.45) is 4.24. The molecule has 5 aromatic rings. The number of nitrogens with zero attached hydrogens (tertiary/aromatic N) is 3. The van der Waals surface area contributed by atoms with Crippen molar-refractivity contribution < 1.29 is 4.39 Å². The van der Waals surface area contributed by atoms with Gasteiger partial charge >= 0.3 is 0 Å². The molecule has 5 heteroatoms. The first kappa shape index (κ1) is 18.0. The average molecular weight is 407 g/mol. The van der Waals surface area contributed by atoms with Crippen LogP contribution in [0.1, 0.15) is 24.1 Å². The molecule has 0 N–H and O–H groups in total. The molecule has 0 unspecified atom stereocenters. The molecule has 1 aliphatic rings. The van der Waals surface area contributed by atoms with E-state index >= 15 is 0 Å². The van der Waals surface area contributed by atoms with Crippen LogP contribution in [0.25, 0.3) is 32.8 Å². The van der Waals surface area contributed by atoms with Crippen LogP contribution >= 0.6 is 0 Å². The molecule has 1 fully saturated rings. The van der Waals surface area contributed by atoms with Crippen LogP contribution in [0, 0.1) is 5.95 Å². The van der Waals surface area contributed by atoms with Crippen LogP contribution < -0.4 is 5.56 Å². The molecule has 3 heterocycles. The summed E-state index contributed by atoms with van der Waals surface area (Å²) in [4.78, 5) is 22.1. The molecular formula is C26H18FN3O. The molecule has 0 radical (unpaired) electrons. The largest absolute Gasteiger partial charge is 0.311 e. The van der Waals surface area contributed by atoms with Gasteiger partial charge < -0.3 is 4.57 Å². The van der Waals surface area contributed by atoms with E-state index < -0.39 is 5.95 Å². The summed E-state index contributed by atoms with van der Waals surface area (Å²) in [5.74, 6) is -0.315. The van der Waals surface area contributed by atoms with Gasteiger partial charge in [-0.25, -0.2) is 4.98 Å². The quantitative estimate of drug-likeness (QED) is 0.372. The number of hydrogen-bond acceptors (Lipinski definition) is 3. The molecule has 0 saturated heterocycles. The zero-order valence-corrected chi connectivity index (χ0v) is 16.6. The number of hydrogen-bond donors (Lipinski definition) is 0. The zero-order chi connectivity index (χ0) is 20.9. The highest BCUT2D eigenvalue weighted by atomic mass is 19.1. The van der Waals surface area contributed by atoms with Crippen molar-refractivity contribution in [2.45, 2.75) is 18.4 Å². The van der Waals surface area contributed by atoms with Crippen LogP contribution in [-0.2, 0) is 0 Å². The standard InChI is InChI=1S/C26H18FN3O/c27-24-11-9-18(15-28-24)19-6-3-5-17-12-13-30(26(31)25(17)19)23-14-20(23)22-10-8-16-4-1-2-7-21(16)29-22/h1-13,15,20,23H,14H2/t20-,23+/m0/s1. The van der Waals surface area contributed by atoms with Gasteiger partial charge in [0.1, 0.15) is 0 Å². The lowest BCUT2D eigenvalue weighted by molar-refractivity contribution is 0.584. The average Bonchev–Trinajstić information content (AvgIpc) is 3.60. The van der Waals surface area contributed by atoms with Crippen molar-refractivity contribution in [1.82, 2.24) is 14.5 Å². The minimum atomic E-state index is -0.537. The van der Waals surface area contributed by atoms with Gasteiger partial charge in [-0.1, -0.05) is 42.5 Å². The predicted molar refractivity (Wildman–Crippen MR) is 120 cm³/mol. The second-order valence-corrected chi connectivity index (χ2v) is 8.01. The van der Waals surface area contributed by atoms with Gasteiger partial charge in [-0.05, 0) is 47.7 Å². The maximum atomic E-state index is 13.5. The van der Waals surface area contributed by atoms with E-state index in [9.17, 15) is 9.18 Å². The predicted octanol–water partition coefficient (Wildman–Crippen LogP) is 5.48. The number of pyridine rings is 3. The molecule has 0 spiro atoms. The van der Waals surface area contributed by atoms with Crippen molar-refractivity contribution in [3.05, 3.63) is 107 Å². The number of rotatable bonds is 3. The topological polar surface area (TPSA) is 47.8 Å². The van der Waals surface area contributed by atoms with Gasteiger partial charge in [-0.2, -0.15) is 4.39 Å². The summed E-state index contributed by atoms with van der Waals surface area (Å²) in [5.41, 5.74) is 3.45. The van der Waals surface area contributed by atoms with E-state index in [-0.39, 0.29) is 17.5 Å². The SMILES string of the molecule is O=c1c2c(-c3ccc(F)nc3)cccc2ccn1[C@@H]1C[C@H]1c1ccc2ccccc2n1. The summed E-state index contributed by atoms with van der Waals surface area (Å²) in [6.45, 7) is 0. The normalized spacial score (nSPS) is 17.8. The highest BCUT2D eigenvalue weighted by Gasteiger charge is 2.41. The van der Waals surface area contributed by atoms with Crippen molar-refractivity contribution in [3.8, 4) is 11.1 Å². The van der Waals surface area contributed by atoms with E-state index in [1.807, 2.05) is 53.2 Å². The highest BCUT2D eigenvalue weighted by Crippen LogP contribution is 2.50. The summed E-state index contributed by atoms with van der Waals surface area (Å²) < 4.78 is 15.1. The lowest BCUT2D eigenvalue weighted by Crippen LogP contribution is -2.19. The molecule has 31 heavy (non-hydrogen) atoms. The second kappa shape index (κ2) is 6.84. The van der Waals surface area contributed by atoms with Crippen molar-refractivity contribution >= 4 is 21.7 Å². The fourth-order valence-corrected chi connectivity index (χ4v) is 4.44. The van der Waals surface area contributed by atoms with Crippen LogP contribution in [0.2, 0.25) is 0 Å². The Morgan fingerprint density at radius 2 is 1.77 bits per heavy atom. The highest BCUT2D eigenvalue weighted by molar-refractivity contribution is 5.95. The Morgan fingerprint density at radius 3 is 2.65 bits per heavy atom. The molecule has 0 aliphatic heterocycles. The summed E-state index contributed by atoms with van der Waals surface area (Å²) in [5, 5.41) is 2.61. The third-order valence-electron chi connectivity index (χ3n) is 6.11. The molecule has 4 nitrogen and oxygen atoms in total. The van der Waals surface area contributed by atoms with Crippen LogP contribution in [0.4, 0.5) is 4.39 Å². The summed E-state index contributed by atoms with van der Waals surface area (Å²) in [6, 6.07) is 23.0. The van der Waals surface area contributed by atoms with Crippen LogP contribution in [0.15, 0.2) is 90.0 Å². The Morgan fingerprint density at radius 1 is 0.903 bits per heavy atom. The number of fused-ring (bicyclic) bond motifs is 2. The van der Waals surface area contributed by atoms with Crippen LogP contribution in [-0.4, -0.2) is 14.5 Å². The van der Waals surface area contributed by atoms with Gasteiger partial charge in [0.05, 0.1) is 10.9 Å². The third-order valence-corrected chi connectivity index (χ3v) is 6.11. The smallest absolute Gasteiger partial charge is 0.259 e. The van der Waals surface area contributed by atoms with E-state index in [2.05, 4.69) is 23.2 Å². The van der Waals surface area contributed by atoms with E-state index in [1.165, 1.54) is 12.3 Å². The first-order valence-corrected chi connectivity index (χ1v) is 10.3. The molecule has 1 aliphatic carbocycles. The van der Waals surface area contributed by atoms with E-state index in [0.29, 0.717) is 5.39 Å². The van der Waals surface area contributed by atoms with Gasteiger partial charge in [0, 0.05) is 41.0 Å². The number of benzene rings is 2. The van der Waals surface area contributed by atoms with Crippen LogP contribution in [0.3, 0.4) is 0 Å². The minimum Gasteiger partial charge on any atom is -0.311 e. The fraction of sp³-hybridized carbons (Fsp3) is 0.115. The molecule has 3 aromatic heterocycles. The van der Waals surface area contributed by atoms with Crippen molar-refractivity contribution in [2.75, 3.05) is 0 Å². The summed E-state index contributed by atoms with van der Waals surface area (Å²) in [7, 11) is 0. The Bertz CT molecular complexity index is 1510. The Balaban J connectivity index is 1.42. The number of halogens is 1. The fourth-order valence-electron chi connectivity index (χ4n) is 4.44. The molecule has 2 atom stereocenters. The zero-order valence-electron chi connectivity index (χ0n) is 16.6. The summed E-state index contributed by atoms with van der Waals surface area (Å²) >= 11 is 0. The Hall–Kier alpha value is -3.86. The lowest BCUT2D eigenvalue weighted by Gasteiger charge is -2.11. The van der Waals surface area contributed by atoms with Crippen molar-refractivity contribution in [3.63, 3.8) is 0 Å². The van der Waals surface area contributed by atoms with Crippen molar-refractivity contribution in [2.24, 2.45) is 0 Å². The number of para-hydroxylation sites is 1. The van der Waals surface area contributed by atoms with Gasteiger partial charge in [0.25, 0.3) is 5.56 Å². The van der Waals surface area contributed by atoms with Crippen LogP contribution in [0.5, 0.6) is 0 Å². The molecule has 1 saturated carbocycles. The first-order chi connectivity index (χ1) is 15.2. The van der Waals surface area contributed by atoms with E-state index in [0.717, 1.165) is 39.5 Å². The maximum Gasteiger partial charge on any atom is 0.259 e.